The van der Waals surface area contributed by atoms with Crippen LogP contribution in [0.5, 0.6) is 0 Å². The predicted octanol–water partition coefficient (Wildman–Crippen LogP) is 3.67. The second-order valence-corrected chi connectivity index (χ2v) is 8.35. The number of guanidine groups is 1. The number of aromatic amines is 1. The normalized spacial score (nSPS) is 20.1. The van der Waals surface area contributed by atoms with Gasteiger partial charge in [-0.25, -0.2) is 0 Å². The summed E-state index contributed by atoms with van der Waals surface area (Å²) in [4.78, 5) is 10.5. The molecule has 5 heteroatoms. The third kappa shape index (κ3) is 4.69. The van der Waals surface area contributed by atoms with Gasteiger partial charge in [0.05, 0.1) is 0 Å². The molecule has 0 bridgehead atoms. The van der Waals surface area contributed by atoms with Crippen molar-refractivity contribution in [2.75, 3.05) is 26.7 Å². The molecular weight excluding hydrogens is 346 g/mol. The van der Waals surface area contributed by atoms with Gasteiger partial charge in [-0.3, -0.25) is 4.99 Å². The minimum absolute atomic E-state index is 0.553. The van der Waals surface area contributed by atoms with Crippen molar-refractivity contribution in [2.45, 2.75) is 63.5 Å². The van der Waals surface area contributed by atoms with Gasteiger partial charge in [-0.2, -0.15) is 0 Å². The fourth-order valence-electron chi connectivity index (χ4n) is 4.89. The fourth-order valence-corrected chi connectivity index (χ4v) is 4.89. The zero-order chi connectivity index (χ0) is 19.2. The van der Waals surface area contributed by atoms with Gasteiger partial charge in [0.1, 0.15) is 0 Å². The van der Waals surface area contributed by atoms with Gasteiger partial charge in [0.2, 0.25) is 0 Å². The summed E-state index contributed by atoms with van der Waals surface area (Å²) in [5, 5.41) is 8.50. The number of likely N-dealkylation sites (tertiary alicyclic amines) is 1. The minimum atomic E-state index is 0.553. The molecule has 1 aromatic carbocycles. The van der Waals surface area contributed by atoms with Crippen molar-refractivity contribution < 1.29 is 0 Å². The molecule has 1 aromatic heterocycles. The molecule has 4 rings (SSSR count). The molecule has 1 saturated heterocycles. The number of benzene rings is 1. The molecule has 2 aromatic rings. The summed E-state index contributed by atoms with van der Waals surface area (Å²) >= 11 is 0. The smallest absolute Gasteiger partial charge is 0.191 e. The SMILES string of the molecule is CN=C(NCCCc1c[nH]c2ccccc12)NC1CCN(C2CCCC2)CC1. The van der Waals surface area contributed by atoms with Crippen molar-refractivity contribution in [2.24, 2.45) is 4.99 Å². The quantitative estimate of drug-likeness (QED) is 0.406. The van der Waals surface area contributed by atoms with Crippen molar-refractivity contribution in [1.29, 1.82) is 0 Å². The van der Waals surface area contributed by atoms with Gasteiger partial charge in [-0.05, 0) is 50.2 Å². The van der Waals surface area contributed by atoms with Crippen LogP contribution in [0.2, 0.25) is 0 Å². The number of aromatic nitrogens is 1. The number of para-hydroxylation sites is 1. The standard InChI is InChI=1S/C23H35N5/c1-24-23(27-19-12-15-28(16-13-19)20-8-2-3-9-20)25-14-6-7-18-17-26-22-11-5-4-10-21(18)22/h4-5,10-11,17,19-20,26H,2-3,6-9,12-16H2,1H3,(H2,24,25,27). The molecule has 2 fully saturated rings. The van der Waals surface area contributed by atoms with E-state index < -0.39 is 0 Å². The number of nitrogens with zero attached hydrogens (tertiary/aromatic N) is 2. The first kappa shape index (κ1) is 19.3. The second kappa shape index (κ2) is 9.46. The Balaban J connectivity index is 1.17. The highest BCUT2D eigenvalue weighted by atomic mass is 15.2. The molecule has 5 nitrogen and oxygen atoms in total. The lowest BCUT2D eigenvalue weighted by Crippen LogP contribution is -2.50. The van der Waals surface area contributed by atoms with Crippen LogP contribution in [-0.4, -0.2) is 54.6 Å². The molecule has 3 N–H and O–H groups in total. The molecule has 2 aliphatic rings. The summed E-state index contributed by atoms with van der Waals surface area (Å²) in [5.74, 6) is 0.957. The van der Waals surface area contributed by atoms with E-state index in [1.165, 1.54) is 68.1 Å². The average Bonchev–Trinajstić information content (AvgIpc) is 3.41. The second-order valence-electron chi connectivity index (χ2n) is 8.35. The van der Waals surface area contributed by atoms with Crippen LogP contribution in [0.25, 0.3) is 10.9 Å². The Bertz CT molecular complexity index is 766. The van der Waals surface area contributed by atoms with Crippen LogP contribution in [0.4, 0.5) is 0 Å². The Labute approximate surface area is 169 Å². The average molecular weight is 382 g/mol. The van der Waals surface area contributed by atoms with Crippen molar-refractivity contribution in [3.63, 3.8) is 0 Å². The molecule has 152 valence electrons. The Kier molecular flexibility index (Phi) is 6.53. The number of nitrogens with one attached hydrogen (secondary N) is 3. The maximum absolute atomic E-state index is 4.44. The lowest BCUT2D eigenvalue weighted by molar-refractivity contribution is 0.150. The largest absolute Gasteiger partial charge is 0.361 e. The first-order valence-corrected chi connectivity index (χ1v) is 11.1. The number of aliphatic imine (C=N–C) groups is 1. The van der Waals surface area contributed by atoms with Crippen LogP contribution < -0.4 is 10.6 Å². The number of hydrogen-bond acceptors (Lipinski definition) is 2. The molecular formula is C23H35N5. The summed E-state index contributed by atoms with van der Waals surface area (Å²) in [7, 11) is 1.88. The van der Waals surface area contributed by atoms with Crippen molar-refractivity contribution in [3.05, 3.63) is 36.0 Å². The van der Waals surface area contributed by atoms with Gasteiger partial charge >= 0.3 is 0 Å². The van der Waals surface area contributed by atoms with Crippen LogP contribution in [0.3, 0.4) is 0 Å². The monoisotopic (exact) mass is 381 g/mol. The lowest BCUT2D eigenvalue weighted by atomic mass is 10.0. The van der Waals surface area contributed by atoms with Gasteiger partial charge in [-0.1, -0.05) is 31.0 Å². The van der Waals surface area contributed by atoms with E-state index in [9.17, 15) is 0 Å². The van der Waals surface area contributed by atoms with E-state index in [0.29, 0.717) is 6.04 Å². The van der Waals surface area contributed by atoms with E-state index in [0.717, 1.165) is 31.4 Å². The summed E-state index contributed by atoms with van der Waals surface area (Å²) in [6.45, 7) is 3.42. The van der Waals surface area contributed by atoms with Crippen LogP contribution in [0.1, 0.15) is 50.5 Å². The summed E-state index contributed by atoms with van der Waals surface area (Å²) in [5.41, 5.74) is 2.63. The maximum atomic E-state index is 4.44. The van der Waals surface area contributed by atoms with Gasteiger partial charge in [0, 0.05) is 55.9 Å². The first-order chi connectivity index (χ1) is 13.8. The van der Waals surface area contributed by atoms with Crippen LogP contribution in [0, 0.1) is 0 Å². The molecule has 1 aliphatic heterocycles. The number of piperidine rings is 1. The van der Waals surface area contributed by atoms with Crippen LogP contribution in [-0.2, 0) is 6.42 Å². The molecule has 0 amide bonds. The van der Waals surface area contributed by atoms with E-state index in [1.807, 2.05) is 7.05 Å². The minimum Gasteiger partial charge on any atom is -0.361 e. The Morgan fingerprint density at radius 2 is 1.93 bits per heavy atom. The third-order valence-corrected chi connectivity index (χ3v) is 6.53. The summed E-state index contributed by atoms with van der Waals surface area (Å²) in [6.07, 6.45) is 12.5. The Morgan fingerprint density at radius 3 is 2.71 bits per heavy atom. The molecule has 1 aliphatic carbocycles. The van der Waals surface area contributed by atoms with E-state index in [4.69, 9.17) is 0 Å². The highest BCUT2D eigenvalue weighted by molar-refractivity contribution is 5.83. The van der Waals surface area contributed by atoms with Gasteiger partial charge < -0.3 is 20.5 Å². The van der Waals surface area contributed by atoms with E-state index in [-0.39, 0.29) is 0 Å². The van der Waals surface area contributed by atoms with Gasteiger partial charge in [0.15, 0.2) is 5.96 Å². The van der Waals surface area contributed by atoms with E-state index in [2.05, 4.69) is 56.0 Å². The lowest BCUT2D eigenvalue weighted by Gasteiger charge is -2.36. The van der Waals surface area contributed by atoms with Crippen molar-refractivity contribution >= 4 is 16.9 Å². The fraction of sp³-hybridized carbons (Fsp3) is 0.609. The summed E-state index contributed by atoms with van der Waals surface area (Å²) < 4.78 is 0. The zero-order valence-electron chi connectivity index (χ0n) is 17.2. The number of aryl methyl sites for hydroxylation is 1. The number of fused-ring (bicyclic) bond motifs is 1. The van der Waals surface area contributed by atoms with Gasteiger partial charge in [0.25, 0.3) is 0 Å². The molecule has 0 spiro atoms. The van der Waals surface area contributed by atoms with E-state index >= 15 is 0 Å². The number of rotatable bonds is 6. The highest BCUT2D eigenvalue weighted by Crippen LogP contribution is 2.26. The molecule has 0 unspecified atom stereocenters. The molecule has 0 radical (unpaired) electrons. The third-order valence-electron chi connectivity index (χ3n) is 6.53. The number of hydrogen-bond donors (Lipinski definition) is 3. The summed E-state index contributed by atoms with van der Waals surface area (Å²) in [6, 6.07) is 9.95. The topological polar surface area (TPSA) is 55.5 Å². The van der Waals surface area contributed by atoms with Crippen molar-refractivity contribution in [1.82, 2.24) is 20.5 Å². The molecule has 1 saturated carbocycles. The predicted molar refractivity (Wildman–Crippen MR) is 118 cm³/mol. The molecule has 0 atom stereocenters. The molecule has 28 heavy (non-hydrogen) atoms. The van der Waals surface area contributed by atoms with Crippen LogP contribution >= 0.6 is 0 Å². The van der Waals surface area contributed by atoms with E-state index in [1.54, 1.807) is 0 Å². The van der Waals surface area contributed by atoms with Gasteiger partial charge in [-0.15, -0.1) is 0 Å². The van der Waals surface area contributed by atoms with Crippen LogP contribution in [0.15, 0.2) is 35.5 Å². The Morgan fingerprint density at radius 1 is 1.14 bits per heavy atom. The number of H-pyrrole nitrogens is 1. The highest BCUT2D eigenvalue weighted by Gasteiger charge is 2.27. The Hall–Kier alpha value is -2.01. The maximum Gasteiger partial charge on any atom is 0.191 e. The van der Waals surface area contributed by atoms with Crippen molar-refractivity contribution in [3.8, 4) is 0 Å². The molecule has 2 heterocycles. The zero-order valence-corrected chi connectivity index (χ0v) is 17.2. The first-order valence-electron chi connectivity index (χ1n) is 11.1.